The monoisotopic (exact) mass is 435 g/mol. The van der Waals surface area contributed by atoms with Crippen LogP contribution in [0, 0.1) is 6.92 Å². The fourth-order valence-corrected chi connectivity index (χ4v) is 4.62. The maximum atomic E-state index is 13.5. The van der Waals surface area contributed by atoms with Crippen molar-refractivity contribution in [2.45, 2.75) is 18.4 Å². The van der Waals surface area contributed by atoms with E-state index in [1.807, 2.05) is 19.1 Å². The van der Waals surface area contributed by atoms with Gasteiger partial charge in [-0.3, -0.25) is 4.31 Å². The number of para-hydroxylation sites is 1. The molecule has 0 aliphatic carbocycles. The Hall–Kier alpha value is -3.65. The molecule has 0 aliphatic heterocycles. The molecule has 1 aromatic heterocycles. The lowest BCUT2D eigenvalue weighted by atomic mass is 10.2. The number of rotatable bonds is 7. The first-order valence-electron chi connectivity index (χ1n) is 9.58. The Labute approximate surface area is 181 Å². The number of hydrogen-bond acceptors (Lipinski definition) is 6. The summed E-state index contributed by atoms with van der Waals surface area (Å²) in [6.45, 7) is 1.76. The van der Waals surface area contributed by atoms with E-state index in [1.54, 1.807) is 73.8 Å². The van der Waals surface area contributed by atoms with Crippen molar-refractivity contribution >= 4 is 15.7 Å². The number of nitrogens with zero attached hydrogens (tertiary/aromatic N) is 3. The highest BCUT2D eigenvalue weighted by Gasteiger charge is 2.27. The largest absolute Gasteiger partial charge is 0.497 e. The zero-order valence-corrected chi connectivity index (χ0v) is 17.9. The van der Waals surface area contributed by atoms with Gasteiger partial charge in [0.05, 0.1) is 17.7 Å². The predicted molar refractivity (Wildman–Crippen MR) is 117 cm³/mol. The smallest absolute Gasteiger partial charge is 0.264 e. The molecule has 31 heavy (non-hydrogen) atoms. The summed E-state index contributed by atoms with van der Waals surface area (Å²) in [4.78, 5) is 0.200. The molecule has 0 radical (unpaired) electrons. The van der Waals surface area contributed by atoms with Crippen molar-refractivity contribution in [1.82, 2.24) is 10.2 Å². The number of aryl methyl sites for hydroxylation is 1. The normalized spacial score (nSPS) is 11.3. The van der Waals surface area contributed by atoms with Crippen molar-refractivity contribution in [3.63, 3.8) is 0 Å². The predicted octanol–water partition coefficient (Wildman–Crippen LogP) is 4.45. The van der Waals surface area contributed by atoms with Gasteiger partial charge in [-0.2, -0.15) is 0 Å². The van der Waals surface area contributed by atoms with Crippen molar-refractivity contribution in [2.75, 3.05) is 11.4 Å². The molecule has 0 fully saturated rings. The molecule has 0 saturated heterocycles. The number of anilines is 1. The first-order valence-corrected chi connectivity index (χ1v) is 11.0. The Kier molecular flexibility index (Phi) is 5.73. The molecule has 0 bridgehead atoms. The molecule has 3 aromatic carbocycles. The molecule has 1 heterocycles. The molecule has 0 aliphatic rings. The van der Waals surface area contributed by atoms with E-state index in [9.17, 15) is 8.42 Å². The van der Waals surface area contributed by atoms with E-state index in [4.69, 9.17) is 9.15 Å². The molecule has 0 N–H and O–H groups in total. The lowest BCUT2D eigenvalue weighted by molar-refractivity contribution is 0.415. The second-order valence-corrected chi connectivity index (χ2v) is 8.76. The van der Waals surface area contributed by atoms with Crippen LogP contribution < -0.4 is 9.04 Å². The van der Waals surface area contributed by atoms with Gasteiger partial charge in [0, 0.05) is 5.56 Å². The summed E-state index contributed by atoms with van der Waals surface area (Å²) in [7, 11) is -2.26. The van der Waals surface area contributed by atoms with Gasteiger partial charge in [-0.15, -0.1) is 10.2 Å². The second kappa shape index (κ2) is 8.61. The highest BCUT2D eigenvalue weighted by atomic mass is 32.2. The van der Waals surface area contributed by atoms with Crippen LogP contribution in [-0.2, 0) is 16.6 Å². The van der Waals surface area contributed by atoms with Crippen LogP contribution in [-0.4, -0.2) is 25.7 Å². The average Bonchev–Trinajstić information content (AvgIpc) is 3.27. The standard InChI is InChI=1S/C23H21N3O4S/c1-17-7-6-10-21(15-17)31(27,28)26(19-8-4-3-5-9-19)16-22-24-25-23(30-22)18-11-13-20(29-2)14-12-18/h3-15H,16H2,1-2H3. The lowest BCUT2D eigenvalue weighted by Gasteiger charge is -2.23. The number of benzene rings is 3. The molecule has 4 aromatic rings. The number of aromatic nitrogens is 2. The zero-order chi connectivity index (χ0) is 21.8. The second-order valence-electron chi connectivity index (χ2n) is 6.89. The van der Waals surface area contributed by atoms with E-state index in [-0.39, 0.29) is 17.3 Å². The van der Waals surface area contributed by atoms with Crippen LogP contribution in [0.15, 0.2) is 88.2 Å². The van der Waals surface area contributed by atoms with E-state index in [0.717, 1.165) is 5.56 Å². The van der Waals surface area contributed by atoms with Gasteiger partial charge in [0.15, 0.2) is 0 Å². The molecule has 7 nitrogen and oxygen atoms in total. The molecule has 8 heteroatoms. The SMILES string of the molecule is COc1ccc(-c2nnc(CN(c3ccccc3)S(=O)(=O)c3cccc(C)c3)o2)cc1. The van der Waals surface area contributed by atoms with Crippen molar-refractivity contribution in [2.24, 2.45) is 0 Å². The Morgan fingerprint density at radius 1 is 0.935 bits per heavy atom. The first kappa shape index (κ1) is 20.6. The minimum absolute atomic E-state index is 0.0938. The van der Waals surface area contributed by atoms with Crippen LogP contribution >= 0.6 is 0 Å². The van der Waals surface area contributed by atoms with E-state index in [1.165, 1.54) is 4.31 Å². The lowest BCUT2D eigenvalue weighted by Crippen LogP contribution is -2.30. The highest BCUT2D eigenvalue weighted by Crippen LogP contribution is 2.27. The quantitative estimate of drug-likeness (QED) is 0.426. The molecule has 0 spiro atoms. The fourth-order valence-electron chi connectivity index (χ4n) is 3.10. The van der Waals surface area contributed by atoms with Crippen LogP contribution in [0.5, 0.6) is 5.75 Å². The van der Waals surface area contributed by atoms with Gasteiger partial charge in [0.25, 0.3) is 10.0 Å². The van der Waals surface area contributed by atoms with Gasteiger partial charge in [0.1, 0.15) is 12.3 Å². The van der Waals surface area contributed by atoms with Crippen molar-refractivity contribution in [3.8, 4) is 17.2 Å². The summed E-state index contributed by atoms with van der Waals surface area (Å²) < 4.78 is 39.1. The number of hydrogen-bond donors (Lipinski definition) is 0. The van der Waals surface area contributed by atoms with Crippen LogP contribution in [0.3, 0.4) is 0 Å². The first-order chi connectivity index (χ1) is 15.0. The van der Waals surface area contributed by atoms with Gasteiger partial charge in [-0.1, -0.05) is 30.3 Å². The van der Waals surface area contributed by atoms with Crippen LogP contribution in [0.25, 0.3) is 11.5 Å². The summed E-state index contributed by atoms with van der Waals surface area (Å²) in [5.41, 5.74) is 2.08. The summed E-state index contributed by atoms with van der Waals surface area (Å²) in [5.74, 6) is 1.20. The molecule has 0 atom stereocenters. The molecule has 0 unspecified atom stereocenters. The minimum atomic E-state index is -3.85. The van der Waals surface area contributed by atoms with Gasteiger partial charge in [-0.05, 0) is 61.0 Å². The minimum Gasteiger partial charge on any atom is -0.497 e. The van der Waals surface area contributed by atoms with Gasteiger partial charge in [-0.25, -0.2) is 8.42 Å². The molecule has 0 saturated carbocycles. The maximum absolute atomic E-state index is 13.5. The van der Waals surface area contributed by atoms with E-state index in [2.05, 4.69) is 10.2 Å². The van der Waals surface area contributed by atoms with Gasteiger partial charge in [0.2, 0.25) is 11.8 Å². The third-order valence-corrected chi connectivity index (χ3v) is 6.47. The zero-order valence-electron chi connectivity index (χ0n) is 17.1. The summed E-state index contributed by atoms with van der Waals surface area (Å²) in [5, 5.41) is 8.15. The Balaban J connectivity index is 1.68. The van der Waals surface area contributed by atoms with Crippen molar-refractivity contribution < 1.29 is 17.6 Å². The van der Waals surface area contributed by atoms with Crippen LogP contribution in [0.2, 0.25) is 0 Å². The third-order valence-electron chi connectivity index (χ3n) is 4.70. The van der Waals surface area contributed by atoms with Crippen LogP contribution in [0.4, 0.5) is 5.69 Å². The van der Waals surface area contributed by atoms with Crippen LogP contribution in [0.1, 0.15) is 11.5 Å². The van der Waals surface area contributed by atoms with E-state index in [0.29, 0.717) is 22.9 Å². The maximum Gasteiger partial charge on any atom is 0.264 e. The Morgan fingerprint density at radius 2 is 1.68 bits per heavy atom. The topological polar surface area (TPSA) is 85.5 Å². The number of ether oxygens (including phenoxy) is 1. The number of sulfonamides is 1. The molecular formula is C23H21N3O4S. The third kappa shape index (κ3) is 4.44. The molecule has 158 valence electrons. The van der Waals surface area contributed by atoms with E-state index < -0.39 is 10.0 Å². The highest BCUT2D eigenvalue weighted by molar-refractivity contribution is 7.92. The van der Waals surface area contributed by atoms with Crippen molar-refractivity contribution in [1.29, 1.82) is 0 Å². The Bertz CT molecular complexity index is 1270. The molecule has 4 rings (SSSR count). The van der Waals surface area contributed by atoms with E-state index >= 15 is 0 Å². The summed E-state index contributed by atoms with van der Waals surface area (Å²) in [6, 6.07) is 22.8. The molecular weight excluding hydrogens is 414 g/mol. The fraction of sp³-hybridized carbons (Fsp3) is 0.130. The summed E-state index contributed by atoms with van der Waals surface area (Å²) in [6.07, 6.45) is 0. The summed E-state index contributed by atoms with van der Waals surface area (Å²) >= 11 is 0. The number of methoxy groups -OCH3 is 1. The Morgan fingerprint density at radius 3 is 2.35 bits per heavy atom. The average molecular weight is 436 g/mol. The van der Waals surface area contributed by atoms with Gasteiger partial charge < -0.3 is 9.15 Å². The van der Waals surface area contributed by atoms with Gasteiger partial charge >= 0.3 is 0 Å². The molecule has 0 amide bonds. The van der Waals surface area contributed by atoms with Crippen molar-refractivity contribution in [3.05, 3.63) is 90.3 Å².